The molecule has 1 aliphatic carbocycles. The Kier molecular flexibility index (Phi) is 3.92. The van der Waals surface area contributed by atoms with Gasteiger partial charge in [-0.05, 0) is 72.2 Å². The number of nitrogens with one attached hydrogen (secondary N) is 1. The number of hydrogen-bond acceptors (Lipinski definition) is 2. The fourth-order valence-electron chi connectivity index (χ4n) is 3.99. The largest absolute Gasteiger partial charge is 0.497 e. The van der Waals surface area contributed by atoms with Gasteiger partial charge in [-0.15, -0.1) is 0 Å². The summed E-state index contributed by atoms with van der Waals surface area (Å²) >= 11 is 0. The molecule has 2 aliphatic rings. The van der Waals surface area contributed by atoms with Crippen LogP contribution in [0.25, 0.3) is 5.57 Å². The number of ether oxygens (including phenoxy) is 1. The van der Waals surface area contributed by atoms with E-state index in [-0.39, 0.29) is 0 Å². The highest BCUT2D eigenvalue weighted by Gasteiger charge is 2.27. The lowest BCUT2D eigenvalue weighted by Gasteiger charge is -2.34. The molecule has 1 N–H and O–H groups in total. The second-order valence-corrected chi connectivity index (χ2v) is 6.47. The van der Waals surface area contributed by atoms with Gasteiger partial charge in [0.2, 0.25) is 0 Å². The van der Waals surface area contributed by atoms with E-state index < -0.39 is 0 Å². The summed E-state index contributed by atoms with van der Waals surface area (Å²) in [5, 5.41) is 3.74. The molecule has 1 unspecified atom stereocenters. The molecule has 1 aliphatic heterocycles. The van der Waals surface area contributed by atoms with Crippen LogP contribution in [0.5, 0.6) is 5.75 Å². The second kappa shape index (κ2) is 6.21. The van der Waals surface area contributed by atoms with Crippen LogP contribution in [-0.2, 0) is 12.8 Å². The van der Waals surface area contributed by atoms with E-state index in [1.807, 2.05) is 0 Å². The number of hydrogen-bond donors (Lipinski definition) is 1. The van der Waals surface area contributed by atoms with Crippen molar-refractivity contribution in [1.29, 1.82) is 0 Å². The highest BCUT2D eigenvalue weighted by molar-refractivity contribution is 5.75. The summed E-state index contributed by atoms with van der Waals surface area (Å²) in [5.74, 6) is 0.928. The molecule has 0 amide bonds. The first-order valence-electron chi connectivity index (χ1n) is 8.51. The van der Waals surface area contributed by atoms with Gasteiger partial charge in [0.15, 0.2) is 0 Å². The van der Waals surface area contributed by atoms with Crippen molar-refractivity contribution in [2.75, 3.05) is 13.7 Å². The molecule has 2 nitrogen and oxygen atoms in total. The van der Waals surface area contributed by atoms with E-state index in [0.29, 0.717) is 6.04 Å². The van der Waals surface area contributed by atoms with Crippen LogP contribution in [0.3, 0.4) is 0 Å². The molecule has 0 bridgehead atoms. The van der Waals surface area contributed by atoms with E-state index in [1.165, 1.54) is 29.5 Å². The third kappa shape index (κ3) is 2.79. The molecule has 1 atom stereocenters. The predicted molar refractivity (Wildman–Crippen MR) is 94.8 cm³/mol. The minimum Gasteiger partial charge on any atom is -0.497 e. The molecule has 0 saturated carbocycles. The number of benzene rings is 2. The fraction of sp³-hybridized carbons (Fsp3) is 0.333. The van der Waals surface area contributed by atoms with Crippen molar-refractivity contribution >= 4 is 5.57 Å². The van der Waals surface area contributed by atoms with Crippen molar-refractivity contribution in [2.45, 2.75) is 31.7 Å². The first kappa shape index (κ1) is 14.5. The van der Waals surface area contributed by atoms with Gasteiger partial charge < -0.3 is 10.1 Å². The van der Waals surface area contributed by atoms with E-state index >= 15 is 0 Å². The summed E-state index contributed by atoms with van der Waals surface area (Å²) in [6, 6.07) is 17.9. The smallest absolute Gasteiger partial charge is 0.118 e. The lowest BCUT2D eigenvalue weighted by Crippen LogP contribution is -2.39. The minimum atomic E-state index is 0.473. The van der Waals surface area contributed by atoms with Crippen LogP contribution >= 0.6 is 0 Å². The third-order valence-corrected chi connectivity index (χ3v) is 5.18. The van der Waals surface area contributed by atoms with E-state index in [1.54, 1.807) is 18.3 Å². The zero-order chi connectivity index (χ0) is 15.6. The van der Waals surface area contributed by atoms with Crippen LogP contribution in [0.1, 0.15) is 29.5 Å². The Balaban J connectivity index is 1.62. The maximum absolute atomic E-state index is 5.26. The summed E-state index contributed by atoms with van der Waals surface area (Å²) in [5.41, 5.74) is 7.62. The molecular weight excluding hydrogens is 282 g/mol. The topological polar surface area (TPSA) is 21.3 Å². The molecule has 2 aromatic rings. The maximum atomic E-state index is 5.26. The van der Waals surface area contributed by atoms with Crippen molar-refractivity contribution in [3.63, 3.8) is 0 Å². The minimum absolute atomic E-state index is 0.473. The van der Waals surface area contributed by atoms with Gasteiger partial charge in [0.05, 0.1) is 7.11 Å². The Labute approximate surface area is 138 Å². The number of aryl methyl sites for hydroxylation is 1. The molecular formula is C21H23NO. The van der Waals surface area contributed by atoms with Crippen molar-refractivity contribution in [2.24, 2.45) is 0 Å². The summed E-state index contributed by atoms with van der Waals surface area (Å²) in [4.78, 5) is 0. The van der Waals surface area contributed by atoms with Gasteiger partial charge >= 0.3 is 0 Å². The Bertz CT molecular complexity index is 730. The predicted octanol–water partition coefficient (Wildman–Crippen LogP) is 4.00. The standard InChI is InChI=1S/C21H23NO/c1-23-17-9-6-15(7-10-17)14-21-20-11-8-16-4-2-3-5-18(16)19(20)12-13-22-21/h2-7,9-10,21-22H,8,11-14H2,1H3. The van der Waals surface area contributed by atoms with E-state index in [0.717, 1.165) is 25.1 Å². The van der Waals surface area contributed by atoms with Gasteiger partial charge in [0, 0.05) is 6.04 Å². The molecule has 0 spiro atoms. The van der Waals surface area contributed by atoms with Gasteiger partial charge in [-0.25, -0.2) is 0 Å². The van der Waals surface area contributed by atoms with Crippen molar-refractivity contribution < 1.29 is 4.74 Å². The van der Waals surface area contributed by atoms with Crippen LogP contribution in [-0.4, -0.2) is 19.7 Å². The molecule has 23 heavy (non-hydrogen) atoms. The van der Waals surface area contributed by atoms with Crippen molar-refractivity contribution in [3.05, 3.63) is 70.8 Å². The molecule has 0 fully saturated rings. The summed E-state index contributed by atoms with van der Waals surface area (Å²) < 4.78 is 5.26. The van der Waals surface area contributed by atoms with Crippen LogP contribution in [0.15, 0.2) is 54.1 Å². The average Bonchev–Trinajstić information content (AvgIpc) is 2.62. The first-order chi connectivity index (χ1) is 11.3. The fourth-order valence-corrected chi connectivity index (χ4v) is 3.99. The van der Waals surface area contributed by atoms with E-state index in [4.69, 9.17) is 4.74 Å². The van der Waals surface area contributed by atoms with Crippen LogP contribution in [0, 0.1) is 0 Å². The SMILES string of the molecule is COc1ccc(CC2NCCC3=C2CCc2ccccc23)cc1. The number of fused-ring (bicyclic) bond motifs is 2. The molecule has 118 valence electrons. The quantitative estimate of drug-likeness (QED) is 0.925. The number of rotatable bonds is 3. The Hall–Kier alpha value is -2.06. The van der Waals surface area contributed by atoms with Gasteiger partial charge in [-0.3, -0.25) is 0 Å². The highest BCUT2D eigenvalue weighted by Crippen LogP contribution is 2.37. The Morgan fingerprint density at radius 1 is 1.00 bits per heavy atom. The van der Waals surface area contributed by atoms with Gasteiger partial charge in [-0.2, -0.15) is 0 Å². The zero-order valence-electron chi connectivity index (χ0n) is 13.6. The molecule has 0 saturated heterocycles. The van der Waals surface area contributed by atoms with Crippen LogP contribution in [0.4, 0.5) is 0 Å². The van der Waals surface area contributed by atoms with E-state index in [2.05, 4.69) is 53.8 Å². The molecule has 2 aromatic carbocycles. The molecule has 2 heteroatoms. The third-order valence-electron chi connectivity index (χ3n) is 5.18. The lowest BCUT2D eigenvalue weighted by atomic mass is 9.78. The summed E-state index contributed by atoms with van der Waals surface area (Å²) in [6.45, 7) is 1.08. The summed E-state index contributed by atoms with van der Waals surface area (Å²) in [6.07, 6.45) is 4.59. The Morgan fingerprint density at radius 3 is 2.65 bits per heavy atom. The average molecular weight is 305 g/mol. The highest BCUT2D eigenvalue weighted by atomic mass is 16.5. The van der Waals surface area contributed by atoms with E-state index in [9.17, 15) is 0 Å². The molecule has 1 heterocycles. The van der Waals surface area contributed by atoms with Gasteiger partial charge in [0.25, 0.3) is 0 Å². The second-order valence-electron chi connectivity index (χ2n) is 6.47. The molecule has 0 aromatic heterocycles. The van der Waals surface area contributed by atoms with Crippen LogP contribution in [0.2, 0.25) is 0 Å². The van der Waals surface area contributed by atoms with Crippen molar-refractivity contribution in [1.82, 2.24) is 5.32 Å². The van der Waals surface area contributed by atoms with Crippen LogP contribution < -0.4 is 10.1 Å². The molecule has 0 radical (unpaired) electrons. The maximum Gasteiger partial charge on any atom is 0.118 e. The first-order valence-corrected chi connectivity index (χ1v) is 8.51. The van der Waals surface area contributed by atoms with Gasteiger partial charge in [-0.1, -0.05) is 36.4 Å². The summed E-state index contributed by atoms with van der Waals surface area (Å²) in [7, 11) is 1.72. The monoisotopic (exact) mass is 305 g/mol. The van der Waals surface area contributed by atoms with Crippen molar-refractivity contribution in [3.8, 4) is 5.75 Å². The lowest BCUT2D eigenvalue weighted by molar-refractivity contribution is 0.414. The molecule has 4 rings (SSSR count). The Morgan fingerprint density at radius 2 is 1.83 bits per heavy atom. The number of methoxy groups -OCH3 is 1. The zero-order valence-corrected chi connectivity index (χ0v) is 13.6. The van der Waals surface area contributed by atoms with Gasteiger partial charge in [0.1, 0.15) is 5.75 Å². The normalized spacial score (nSPS) is 20.0.